The number of aromatic amines is 1. The van der Waals surface area contributed by atoms with Crippen LogP contribution in [-0.2, 0) is 9.53 Å². The van der Waals surface area contributed by atoms with Crippen molar-refractivity contribution in [2.75, 3.05) is 12.4 Å². The van der Waals surface area contributed by atoms with E-state index >= 15 is 0 Å². The molecule has 0 aliphatic heterocycles. The molecule has 138 valence electrons. The third kappa shape index (κ3) is 3.79. The average molecular weight is 367 g/mol. The van der Waals surface area contributed by atoms with Crippen LogP contribution >= 0.6 is 0 Å². The second kappa shape index (κ2) is 7.69. The lowest BCUT2D eigenvalue weighted by molar-refractivity contribution is -0.123. The van der Waals surface area contributed by atoms with E-state index in [-0.39, 0.29) is 5.69 Å². The number of esters is 1. The van der Waals surface area contributed by atoms with Gasteiger partial charge in [0.05, 0.1) is 18.2 Å². The summed E-state index contributed by atoms with van der Waals surface area (Å²) >= 11 is 0. The zero-order chi connectivity index (χ0) is 19.4. The highest BCUT2D eigenvalue weighted by molar-refractivity contribution is 6.03. The third-order valence-electron chi connectivity index (χ3n) is 3.91. The molecule has 0 fully saturated rings. The van der Waals surface area contributed by atoms with Crippen LogP contribution in [0.4, 0.5) is 5.69 Å². The summed E-state index contributed by atoms with van der Waals surface area (Å²) in [5.41, 5.74) is -0.0215. The quantitative estimate of drug-likeness (QED) is 0.668. The second-order valence-corrected chi connectivity index (χ2v) is 5.68. The van der Waals surface area contributed by atoms with Crippen molar-refractivity contribution in [1.82, 2.24) is 10.2 Å². The fourth-order valence-electron chi connectivity index (χ4n) is 2.52. The zero-order valence-corrected chi connectivity index (χ0v) is 14.7. The van der Waals surface area contributed by atoms with Crippen LogP contribution in [0.5, 0.6) is 5.75 Å². The molecule has 1 aromatic heterocycles. The number of ether oxygens (including phenoxy) is 2. The highest BCUT2D eigenvalue weighted by Gasteiger charge is 2.23. The predicted octanol–water partition coefficient (Wildman–Crippen LogP) is 2.12. The van der Waals surface area contributed by atoms with Gasteiger partial charge in [-0.2, -0.15) is 5.10 Å². The first kappa shape index (κ1) is 18.1. The molecule has 0 saturated heterocycles. The summed E-state index contributed by atoms with van der Waals surface area (Å²) in [5, 5.41) is 9.33. The molecule has 0 radical (unpaired) electrons. The van der Waals surface area contributed by atoms with Gasteiger partial charge in [0.1, 0.15) is 5.75 Å². The van der Waals surface area contributed by atoms with Crippen LogP contribution in [-0.4, -0.2) is 35.3 Å². The van der Waals surface area contributed by atoms with Crippen LogP contribution in [0.2, 0.25) is 0 Å². The van der Waals surface area contributed by atoms with Gasteiger partial charge in [0, 0.05) is 5.39 Å². The molecule has 27 heavy (non-hydrogen) atoms. The zero-order valence-electron chi connectivity index (χ0n) is 14.7. The van der Waals surface area contributed by atoms with Gasteiger partial charge in [-0.05, 0) is 25.1 Å². The molecule has 0 aliphatic carbocycles. The number of nitrogens with one attached hydrogen (secondary N) is 2. The number of carbonyl (C=O) groups is 2. The number of rotatable bonds is 5. The van der Waals surface area contributed by atoms with Crippen molar-refractivity contribution in [1.29, 1.82) is 0 Å². The molecule has 0 saturated carbocycles. The number of hydrogen-bond acceptors (Lipinski definition) is 6. The maximum absolute atomic E-state index is 12.4. The molecule has 8 nitrogen and oxygen atoms in total. The van der Waals surface area contributed by atoms with E-state index < -0.39 is 23.5 Å². The van der Waals surface area contributed by atoms with E-state index in [2.05, 4.69) is 15.5 Å². The Kier molecular flexibility index (Phi) is 5.16. The normalized spacial score (nSPS) is 11.6. The molecule has 3 aromatic rings. The Morgan fingerprint density at radius 3 is 2.48 bits per heavy atom. The van der Waals surface area contributed by atoms with Crippen LogP contribution in [0.25, 0.3) is 10.8 Å². The number of nitrogens with zero attached hydrogens (tertiary/aromatic N) is 1. The average Bonchev–Trinajstić information content (AvgIpc) is 2.68. The first-order valence-electron chi connectivity index (χ1n) is 8.13. The Morgan fingerprint density at radius 2 is 1.74 bits per heavy atom. The molecule has 1 atom stereocenters. The fourth-order valence-corrected chi connectivity index (χ4v) is 2.52. The van der Waals surface area contributed by atoms with Gasteiger partial charge in [-0.25, -0.2) is 9.89 Å². The van der Waals surface area contributed by atoms with Gasteiger partial charge in [-0.1, -0.05) is 30.3 Å². The summed E-state index contributed by atoms with van der Waals surface area (Å²) in [6, 6.07) is 13.4. The van der Waals surface area contributed by atoms with E-state index in [4.69, 9.17) is 9.47 Å². The van der Waals surface area contributed by atoms with Crippen molar-refractivity contribution >= 4 is 28.3 Å². The number of carbonyl (C=O) groups excluding carboxylic acids is 2. The summed E-state index contributed by atoms with van der Waals surface area (Å²) in [4.78, 5) is 36.6. The molecule has 2 N–H and O–H groups in total. The van der Waals surface area contributed by atoms with Crippen molar-refractivity contribution in [3.8, 4) is 5.75 Å². The molecule has 0 spiro atoms. The van der Waals surface area contributed by atoms with Crippen LogP contribution in [0, 0.1) is 0 Å². The molecule has 1 heterocycles. The minimum atomic E-state index is -1.09. The number of benzene rings is 2. The van der Waals surface area contributed by atoms with Crippen molar-refractivity contribution in [3.05, 3.63) is 64.6 Å². The molecular formula is C19H17N3O5. The summed E-state index contributed by atoms with van der Waals surface area (Å²) < 4.78 is 10.4. The minimum Gasteiger partial charge on any atom is -0.495 e. The maximum atomic E-state index is 12.4. The Morgan fingerprint density at radius 1 is 1.07 bits per heavy atom. The fraction of sp³-hybridized carbons (Fsp3) is 0.158. The van der Waals surface area contributed by atoms with Gasteiger partial charge in [0.25, 0.3) is 11.5 Å². The molecule has 1 unspecified atom stereocenters. The van der Waals surface area contributed by atoms with Crippen molar-refractivity contribution in [3.63, 3.8) is 0 Å². The molecule has 1 amide bonds. The number of H-pyrrole nitrogens is 1. The van der Waals surface area contributed by atoms with Crippen LogP contribution < -0.4 is 15.6 Å². The number of amides is 1. The molecule has 3 rings (SSSR count). The van der Waals surface area contributed by atoms with Crippen LogP contribution in [0.15, 0.2) is 53.3 Å². The third-order valence-corrected chi connectivity index (χ3v) is 3.91. The number of hydrogen-bond donors (Lipinski definition) is 2. The van der Waals surface area contributed by atoms with Gasteiger partial charge < -0.3 is 14.8 Å². The number of fused-ring (bicyclic) bond motifs is 1. The number of methoxy groups -OCH3 is 1. The van der Waals surface area contributed by atoms with Gasteiger partial charge in [-0.15, -0.1) is 0 Å². The first-order valence-corrected chi connectivity index (χ1v) is 8.13. The monoisotopic (exact) mass is 367 g/mol. The van der Waals surface area contributed by atoms with E-state index in [1.54, 1.807) is 48.5 Å². The predicted molar refractivity (Wildman–Crippen MR) is 98.9 cm³/mol. The molecule has 2 aromatic carbocycles. The Labute approximate surface area is 154 Å². The number of para-hydroxylation sites is 2. The summed E-state index contributed by atoms with van der Waals surface area (Å²) in [7, 11) is 1.49. The van der Waals surface area contributed by atoms with E-state index in [0.29, 0.717) is 22.2 Å². The van der Waals surface area contributed by atoms with Crippen molar-refractivity contribution in [2.24, 2.45) is 0 Å². The molecule has 0 aliphatic rings. The molecular weight excluding hydrogens is 350 g/mol. The van der Waals surface area contributed by atoms with E-state index in [1.165, 1.54) is 14.0 Å². The number of anilines is 1. The van der Waals surface area contributed by atoms with Crippen LogP contribution in [0.1, 0.15) is 17.4 Å². The summed E-state index contributed by atoms with van der Waals surface area (Å²) in [6.45, 7) is 1.44. The Balaban J connectivity index is 1.77. The topological polar surface area (TPSA) is 110 Å². The maximum Gasteiger partial charge on any atom is 0.360 e. The lowest BCUT2D eigenvalue weighted by atomic mass is 10.1. The van der Waals surface area contributed by atoms with E-state index in [9.17, 15) is 14.4 Å². The second-order valence-electron chi connectivity index (χ2n) is 5.68. The largest absolute Gasteiger partial charge is 0.495 e. The number of aromatic nitrogens is 2. The standard InChI is InChI=1S/C19H17N3O5/c1-11(17(23)20-14-9-5-6-10-15(14)26-2)27-19(25)16-12-7-3-4-8-13(12)18(24)22-21-16/h3-11H,1-2H3,(H,20,23)(H,22,24). The summed E-state index contributed by atoms with van der Waals surface area (Å²) in [5.74, 6) is -0.857. The first-order chi connectivity index (χ1) is 13.0. The smallest absolute Gasteiger partial charge is 0.360 e. The van der Waals surface area contributed by atoms with Crippen molar-refractivity contribution in [2.45, 2.75) is 13.0 Å². The van der Waals surface area contributed by atoms with E-state index in [1.807, 2.05) is 0 Å². The van der Waals surface area contributed by atoms with E-state index in [0.717, 1.165) is 0 Å². The lowest BCUT2D eigenvalue weighted by Gasteiger charge is -2.15. The SMILES string of the molecule is COc1ccccc1NC(=O)C(C)OC(=O)c1n[nH]c(=O)c2ccccc12. The highest BCUT2D eigenvalue weighted by atomic mass is 16.5. The Bertz CT molecular complexity index is 1060. The Hall–Kier alpha value is -3.68. The molecule has 0 bridgehead atoms. The summed E-state index contributed by atoms with van der Waals surface area (Å²) in [6.07, 6.45) is -1.09. The van der Waals surface area contributed by atoms with Gasteiger partial charge >= 0.3 is 5.97 Å². The van der Waals surface area contributed by atoms with Crippen molar-refractivity contribution < 1.29 is 19.1 Å². The van der Waals surface area contributed by atoms with Gasteiger partial charge in [0.2, 0.25) is 0 Å². The highest BCUT2D eigenvalue weighted by Crippen LogP contribution is 2.23. The molecule has 8 heteroatoms. The minimum absolute atomic E-state index is 0.0675. The lowest BCUT2D eigenvalue weighted by Crippen LogP contribution is -2.30. The van der Waals surface area contributed by atoms with Gasteiger partial charge in [0.15, 0.2) is 11.8 Å². The van der Waals surface area contributed by atoms with Crippen LogP contribution in [0.3, 0.4) is 0 Å². The van der Waals surface area contributed by atoms with Gasteiger partial charge in [-0.3, -0.25) is 9.59 Å².